The van der Waals surface area contributed by atoms with Crippen molar-refractivity contribution >= 4 is 5.78 Å². The molecular formula is C14H19NO. The number of ketones is 1. The molecule has 1 unspecified atom stereocenters. The third-order valence-corrected chi connectivity index (χ3v) is 4.35. The van der Waals surface area contributed by atoms with Crippen LogP contribution < -0.4 is 5.32 Å². The second kappa shape index (κ2) is 3.34. The Morgan fingerprint density at radius 1 is 1.50 bits per heavy atom. The number of carbonyl (C=O) groups is 1. The summed E-state index contributed by atoms with van der Waals surface area (Å²) in [5.74, 6) is 0.228. The van der Waals surface area contributed by atoms with E-state index in [0.717, 1.165) is 18.5 Å². The molecule has 0 fully saturated rings. The maximum Gasteiger partial charge on any atom is 0.169 e. The molecule has 1 heterocycles. The second-order valence-electron chi connectivity index (χ2n) is 5.21. The number of nitrogens with one attached hydrogen (secondary N) is 1. The highest BCUT2D eigenvalue weighted by Crippen LogP contribution is 2.57. The smallest absolute Gasteiger partial charge is 0.169 e. The predicted molar refractivity (Wildman–Crippen MR) is 65.9 cm³/mol. The predicted octanol–water partition coefficient (Wildman–Crippen LogP) is 2.59. The average Bonchev–Trinajstić information content (AvgIpc) is 2.41. The lowest BCUT2D eigenvalue weighted by molar-refractivity contribution is -0.125. The highest BCUT2D eigenvalue weighted by molar-refractivity contribution is 6.06. The van der Waals surface area contributed by atoms with Crippen LogP contribution in [0.5, 0.6) is 0 Å². The van der Waals surface area contributed by atoms with Crippen molar-refractivity contribution in [3.8, 4) is 0 Å². The van der Waals surface area contributed by atoms with Gasteiger partial charge in [0.15, 0.2) is 5.78 Å². The van der Waals surface area contributed by atoms with E-state index in [9.17, 15) is 4.79 Å². The van der Waals surface area contributed by atoms with Crippen molar-refractivity contribution < 1.29 is 4.79 Å². The Bertz CT molecular complexity index is 414. The monoisotopic (exact) mass is 217 g/mol. The van der Waals surface area contributed by atoms with Crippen LogP contribution in [0.1, 0.15) is 27.2 Å². The van der Waals surface area contributed by atoms with Gasteiger partial charge in [-0.1, -0.05) is 38.2 Å². The number of Topliss-reactive ketones (excluding diaryl/α,β-unsaturated/α-hetero) is 1. The normalized spacial score (nSPS) is 32.1. The summed E-state index contributed by atoms with van der Waals surface area (Å²) in [7, 11) is 0. The van der Waals surface area contributed by atoms with Crippen molar-refractivity contribution in [3.05, 3.63) is 36.1 Å². The summed E-state index contributed by atoms with van der Waals surface area (Å²) in [4.78, 5) is 12.4. The van der Waals surface area contributed by atoms with E-state index in [-0.39, 0.29) is 16.6 Å². The fourth-order valence-corrected chi connectivity index (χ4v) is 3.13. The highest BCUT2D eigenvalue weighted by atomic mass is 16.1. The average molecular weight is 217 g/mol. The van der Waals surface area contributed by atoms with Crippen LogP contribution in [0.3, 0.4) is 0 Å². The summed E-state index contributed by atoms with van der Waals surface area (Å²) in [6.45, 7) is 10.9. The quantitative estimate of drug-likeness (QED) is 0.731. The summed E-state index contributed by atoms with van der Waals surface area (Å²) in [5, 5.41) is 3.20. The first kappa shape index (κ1) is 11.2. The Kier molecular flexibility index (Phi) is 2.33. The van der Waals surface area contributed by atoms with Crippen LogP contribution in [0.4, 0.5) is 0 Å². The largest absolute Gasteiger partial charge is 0.391 e. The fraction of sp³-hybridized carbons (Fsp3) is 0.500. The van der Waals surface area contributed by atoms with Crippen LogP contribution in [0.25, 0.3) is 0 Å². The number of rotatable bonds is 1. The molecule has 0 amide bonds. The second-order valence-corrected chi connectivity index (χ2v) is 5.21. The van der Waals surface area contributed by atoms with Gasteiger partial charge in [0.05, 0.1) is 0 Å². The lowest BCUT2D eigenvalue weighted by Crippen LogP contribution is -2.42. The molecule has 1 spiro atoms. The molecule has 0 radical (unpaired) electrons. The minimum absolute atomic E-state index is 0.112. The zero-order chi connectivity index (χ0) is 12.0. The van der Waals surface area contributed by atoms with Crippen molar-refractivity contribution in [2.24, 2.45) is 10.8 Å². The Morgan fingerprint density at radius 3 is 2.62 bits per heavy atom. The van der Waals surface area contributed by atoms with Crippen LogP contribution in [0.15, 0.2) is 36.1 Å². The van der Waals surface area contributed by atoms with Crippen molar-refractivity contribution in [1.82, 2.24) is 5.32 Å². The number of carbonyl (C=O) groups excluding carboxylic acids is 1. The van der Waals surface area contributed by atoms with Gasteiger partial charge in [-0.05, 0) is 19.5 Å². The first-order chi connectivity index (χ1) is 7.47. The van der Waals surface area contributed by atoms with Gasteiger partial charge in [0.2, 0.25) is 0 Å². The number of hydrogen-bond acceptors (Lipinski definition) is 2. The van der Waals surface area contributed by atoms with Gasteiger partial charge >= 0.3 is 0 Å². The number of hydrogen-bond donors (Lipinski definition) is 1. The molecule has 2 nitrogen and oxygen atoms in total. The Morgan fingerprint density at radius 2 is 2.19 bits per heavy atom. The first-order valence-electron chi connectivity index (χ1n) is 5.77. The van der Waals surface area contributed by atoms with E-state index in [0.29, 0.717) is 0 Å². The summed E-state index contributed by atoms with van der Waals surface area (Å²) in [5.41, 5.74) is 1.53. The van der Waals surface area contributed by atoms with E-state index in [1.165, 1.54) is 5.57 Å². The van der Waals surface area contributed by atoms with Crippen LogP contribution in [-0.4, -0.2) is 12.3 Å². The van der Waals surface area contributed by atoms with E-state index in [1.54, 1.807) is 6.08 Å². The zero-order valence-corrected chi connectivity index (χ0v) is 10.3. The molecule has 1 N–H and O–H groups in total. The molecule has 86 valence electrons. The van der Waals surface area contributed by atoms with Gasteiger partial charge in [-0.2, -0.15) is 0 Å². The molecule has 0 aromatic carbocycles. The van der Waals surface area contributed by atoms with Gasteiger partial charge in [0, 0.05) is 22.9 Å². The molecule has 1 atom stereocenters. The van der Waals surface area contributed by atoms with Crippen LogP contribution in [0, 0.1) is 10.8 Å². The maximum absolute atomic E-state index is 12.4. The summed E-state index contributed by atoms with van der Waals surface area (Å²) in [6.07, 6.45) is 6.82. The third-order valence-electron chi connectivity index (χ3n) is 4.35. The topological polar surface area (TPSA) is 29.1 Å². The van der Waals surface area contributed by atoms with Gasteiger partial charge in [0.1, 0.15) is 0 Å². The highest BCUT2D eigenvalue weighted by Gasteiger charge is 2.55. The molecule has 2 heteroatoms. The standard InChI is InChI=1S/C14H19NO/c1-5-11-10(2)14(6-8-15-9-7-14)13(3,4)12(11)16/h5-6,8,15H,1,7,9H2,2-4H3. The van der Waals surface area contributed by atoms with Crippen LogP contribution in [0.2, 0.25) is 0 Å². The SMILES string of the molecule is C=CC1=C(C)C2(C=CNCC2)C(C)(C)C1=O. The fourth-order valence-electron chi connectivity index (χ4n) is 3.13. The van der Waals surface area contributed by atoms with Crippen molar-refractivity contribution in [3.63, 3.8) is 0 Å². The zero-order valence-electron chi connectivity index (χ0n) is 10.3. The molecule has 0 saturated carbocycles. The molecule has 1 aliphatic carbocycles. The van der Waals surface area contributed by atoms with Gasteiger partial charge in [-0.15, -0.1) is 0 Å². The van der Waals surface area contributed by atoms with Gasteiger partial charge in [0.25, 0.3) is 0 Å². The number of allylic oxidation sites excluding steroid dienone is 4. The third kappa shape index (κ3) is 1.10. The molecule has 2 aliphatic rings. The Labute approximate surface area is 97.1 Å². The summed E-state index contributed by atoms with van der Waals surface area (Å²) < 4.78 is 0. The van der Waals surface area contributed by atoms with Crippen LogP contribution in [-0.2, 0) is 4.79 Å². The van der Waals surface area contributed by atoms with Crippen molar-refractivity contribution in [1.29, 1.82) is 0 Å². The molecule has 0 bridgehead atoms. The molecule has 16 heavy (non-hydrogen) atoms. The van der Waals surface area contributed by atoms with E-state index in [1.807, 2.05) is 20.0 Å². The minimum atomic E-state index is -0.348. The van der Waals surface area contributed by atoms with Crippen molar-refractivity contribution in [2.45, 2.75) is 27.2 Å². The Balaban J connectivity index is 2.64. The van der Waals surface area contributed by atoms with Crippen molar-refractivity contribution in [2.75, 3.05) is 6.54 Å². The van der Waals surface area contributed by atoms with E-state index in [4.69, 9.17) is 0 Å². The molecule has 0 saturated heterocycles. The Hall–Kier alpha value is -1.31. The molecule has 2 rings (SSSR count). The van der Waals surface area contributed by atoms with E-state index < -0.39 is 0 Å². The van der Waals surface area contributed by atoms with Gasteiger partial charge in [-0.25, -0.2) is 0 Å². The van der Waals surface area contributed by atoms with Gasteiger partial charge in [-0.3, -0.25) is 4.79 Å². The lowest BCUT2D eigenvalue weighted by atomic mass is 9.62. The van der Waals surface area contributed by atoms with Gasteiger partial charge < -0.3 is 5.32 Å². The maximum atomic E-state index is 12.4. The first-order valence-corrected chi connectivity index (χ1v) is 5.77. The van der Waals surface area contributed by atoms with E-state index >= 15 is 0 Å². The lowest BCUT2D eigenvalue weighted by Gasteiger charge is -2.41. The molecule has 0 aromatic heterocycles. The molecule has 1 aliphatic heterocycles. The van der Waals surface area contributed by atoms with Crippen LogP contribution >= 0.6 is 0 Å². The molecule has 0 aromatic rings. The summed E-state index contributed by atoms with van der Waals surface area (Å²) >= 11 is 0. The van der Waals surface area contributed by atoms with E-state index in [2.05, 4.69) is 24.9 Å². The summed E-state index contributed by atoms with van der Waals surface area (Å²) in [6, 6.07) is 0. The minimum Gasteiger partial charge on any atom is -0.391 e. The molecular weight excluding hydrogens is 198 g/mol.